The molecule has 1 fully saturated rings. The van der Waals surface area contributed by atoms with Crippen molar-refractivity contribution in [2.75, 3.05) is 45.1 Å². The topological polar surface area (TPSA) is 93.6 Å². The third kappa shape index (κ3) is 4.12. The Morgan fingerprint density at radius 3 is 2.88 bits per heavy atom. The second-order valence-corrected chi connectivity index (χ2v) is 5.69. The summed E-state index contributed by atoms with van der Waals surface area (Å²) in [5, 5.41) is 2.87. The third-order valence-corrected chi connectivity index (χ3v) is 3.97. The van der Waals surface area contributed by atoms with Gasteiger partial charge in [-0.15, -0.1) is 0 Å². The predicted molar refractivity (Wildman–Crippen MR) is 90.6 cm³/mol. The van der Waals surface area contributed by atoms with Crippen LogP contribution in [0.5, 0.6) is 0 Å². The number of hydrogen-bond donors (Lipinski definition) is 2. The molecule has 0 radical (unpaired) electrons. The standard InChI is InChI=1S/C17H22N4O3/c18-14-5-2-1-4-13(14)17-20-15(12-24-17)16(22)19-6-3-7-21-8-10-23-11-9-21/h1-2,4-5,12H,3,6-11,18H2,(H,19,22). The van der Waals surface area contributed by atoms with E-state index in [1.807, 2.05) is 18.2 Å². The number of nitrogens with zero attached hydrogens (tertiary/aromatic N) is 2. The van der Waals surface area contributed by atoms with Crippen LogP contribution in [0.4, 0.5) is 5.69 Å². The van der Waals surface area contributed by atoms with Gasteiger partial charge in [0.1, 0.15) is 6.26 Å². The van der Waals surface area contributed by atoms with Crippen molar-refractivity contribution in [1.82, 2.24) is 15.2 Å². The molecule has 7 heteroatoms. The number of rotatable bonds is 6. The van der Waals surface area contributed by atoms with E-state index in [0.717, 1.165) is 39.3 Å². The van der Waals surface area contributed by atoms with E-state index in [9.17, 15) is 4.79 Å². The number of morpholine rings is 1. The minimum atomic E-state index is -0.235. The Hall–Kier alpha value is -2.38. The molecule has 3 N–H and O–H groups in total. The zero-order chi connectivity index (χ0) is 16.8. The average Bonchev–Trinajstić information content (AvgIpc) is 3.10. The molecular formula is C17H22N4O3. The minimum Gasteiger partial charge on any atom is -0.444 e. The Balaban J connectivity index is 1.48. The fourth-order valence-corrected chi connectivity index (χ4v) is 2.61. The highest BCUT2D eigenvalue weighted by molar-refractivity contribution is 5.92. The number of benzene rings is 1. The fraction of sp³-hybridized carbons (Fsp3) is 0.412. The Bertz CT molecular complexity index is 680. The van der Waals surface area contributed by atoms with Crippen LogP contribution in [-0.2, 0) is 4.74 Å². The van der Waals surface area contributed by atoms with Gasteiger partial charge in [-0.05, 0) is 25.1 Å². The molecule has 24 heavy (non-hydrogen) atoms. The lowest BCUT2D eigenvalue weighted by atomic mass is 10.2. The number of nitrogens with one attached hydrogen (secondary N) is 1. The molecule has 3 rings (SSSR count). The Morgan fingerprint density at radius 2 is 2.08 bits per heavy atom. The largest absolute Gasteiger partial charge is 0.444 e. The summed E-state index contributed by atoms with van der Waals surface area (Å²) >= 11 is 0. The summed E-state index contributed by atoms with van der Waals surface area (Å²) in [6, 6.07) is 7.27. The van der Waals surface area contributed by atoms with E-state index >= 15 is 0 Å². The van der Waals surface area contributed by atoms with E-state index in [2.05, 4.69) is 15.2 Å². The first-order chi connectivity index (χ1) is 11.7. The maximum atomic E-state index is 12.1. The maximum Gasteiger partial charge on any atom is 0.273 e. The number of oxazole rings is 1. The predicted octanol–water partition coefficient (Wildman–Crippen LogP) is 1.38. The van der Waals surface area contributed by atoms with Gasteiger partial charge in [0, 0.05) is 25.3 Å². The van der Waals surface area contributed by atoms with E-state index in [-0.39, 0.29) is 11.6 Å². The van der Waals surface area contributed by atoms with Crippen LogP contribution in [0, 0.1) is 0 Å². The van der Waals surface area contributed by atoms with Crippen LogP contribution in [-0.4, -0.2) is 55.2 Å². The van der Waals surface area contributed by atoms with E-state index in [4.69, 9.17) is 14.9 Å². The second kappa shape index (κ2) is 7.94. The van der Waals surface area contributed by atoms with Crippen molar-refractivity contribution < 1.29 is 13.9 Å². The van der Waals surface area contributed by atoms with Gasteiger partial charge < -0.3 is 20.2 Å². The van der Waals surface area contributed by atoms with Crippen molar-refractivity contribution in [1.29, 1.82) is 0 Å². The zero-order valence-corrected chi connectivity index (χ0v) is 13.5. The molecule has 7 nitrogen and oxygen atoms in total. The van der Waals surface area contributed by atoms with Crippen LogP contribution in [0.1, 0.15) is 16.9 Å². The number of nitrogens with two attached hydrogens (primary N) is 1. The van der Waals surface area contributed by atoms with Crippen molar-refractivity contribution in [3.63, 3.8) is 0 Å². The molecule has 1 saturated heterocycles. The lowest BCUT2D eigenvalue weighted by molar-refractivity contribution is 0.0374. The summed E-state index contributed by atoms with van der Waals surface area (Å²) in [4.78, 5) is 18.7. The van der Waals surface area contributed by atoms with Gasteiger partial charge >= 0.3 is 0 Å². The molecular weight excluding hydrogens is 308 g/mol. The van der Waals surface area contributed by atoms with Gasteiger partial charge in [-0.3, -0.25) is 9.69 Å². The Labute approximate surface area is 140 Å². The number of ether oxygens (including phenoxy) is 1. The highest BCUT2D eigenvalue weighted by Gasteiger charge is 2.15. The van der Waals surface area contributed by atoms with E-state index < -0.39 is 0 Å². The monoisotopic (exact) mass is 330 g/mol. The smallest absolute Gasteiger partial charge is 0.273 e. The summed E-state index contributed by atoms with van der Waals surface area (Å²) in [7, 11) is 0. The summed E-state index contributed by atoms with van der Waals surface area (Å²) in [5.41, 5.74) is 7.41. The number of aromatic nitrogens is 1. The fourth-order valence-electron chi connectivity index (χ4n) is 2.61. The lowest BCUT2D eigenvalue weighted by Crippen LogP contribution is -2.38. The van der Waals surface area contributed by atoms with Crippen LogP contribution >= 0.6 is 0 Å². The first-order valence-corrected chi connectivity index (χ1v) is 8.13. The Morgan fingerprint density at radius 1 is 1.29 bits per heavy atom. The number of amides is 1. The molecule has 1 aliphatic heterocycles. The zero-order valence-electron chi connectivity index (χ0n) is 13.5. The molecule has 1 aromatic heterocycles. The number of nitrogen functional groups attached to an aromatic ring is 1. The quantitative estimate of drug-likeness (QED) is 0.614. The number of anilines is 1. The summed E-state index contributed by atoms with van der Waals surface area (Å²) < 4.78 is 10.7. The van der Waals surface area contributed by atoms with Crippen LogP contribution in [0.25, 0.3) is 11.5 Å². The van der Waals surface area contributed by atoms with Gasteiger partial charge in [-0.25, -0.2) is 4.98 Å². The van der Waals surface area contributed by atoms with Gasteiger partial charge in [0.15, 0.2) is 5.69 Å². The van der Waals surface area contributed by atoms with Gasteiger partial charge in [0.2, 0.25) is 5.89 Å². The third-order valence-electron chi connectivity index (χ3n) is 3.97. The van der Waals surface area contributed by atoms with E-state index in [1.165, 1.54) is 6.26 Å². The number of hydrogen-bond acceptors (Lipinski definition) is 6. The van der Waals surface area contributed by atoms with Crippen molar-refractivity contribution >= 4 is 11.6 Å². The first kappa shape index (κ1) is 16.5. The van der Waals surface area contributed by atoms with Crippen molar-refractivity contribution in [2.45, 2.75) is 6.42 Å². The minimum absolute atomic E-state index is 0.235. The van der Waals surface area contributed by atoms with Gasteiger partial charge in [0.05, 0.1) is 18.8 Å². The molecule has 2 heterocycles. The summed E-state index contributed by atoms with van der Waals surface area (Å²) in [6.45, 7) is 5.05. The molecule has 0 unspecified atom stereocenters. The molecule has 2 aromatic rings. The van der Waals surface area contributed by atoms with Gasteiger partial charge in [-0.1, -0.05) is 12.1 Å². The van der Waals surface area contributed by atoms with E-state index in [0.29, 0.717) is 23.7 Å². The number of carbonyl (C=O) groups excluding carboxylic acids is 1. The molecule has 0 aliphatic carbocycles. The van der Waals surface area contributed by atoms with Crippen LogP contribution in [0.15, 0.2) is 34.9 Å². The summed E-state index contributed by atoms with van der Waals surface area (Å²) in [6.07, 6.45) is 2.25. The van der Waals surface area contributed by atoms with Crippen LogP contribution < -0.4 is 11.1 Å². The highest BCUT2D eigenvalue weighted by atomic mass is 16.5. The van der Waals surface area contributed by atoms with Crippen molar-refractivity contribution in [2.24, 2.45) is 0 Å². The molecule has 0 atom stereocenters. The number of para-hydroxylation sites is 1. The SMILES string of the molecule is Nc1ccccc1-c1nc(C(=O)NCCCN2CCOCC2)co1. The molecule has 0 spiro atoms. The highest BCUT2D eigenvalue weighted by Crippen LogP contribution is 2.24. The number of carbonyl (C=O) groups is 1. The molecule has 0 bridgehead atoms. The molecule has 0 saturated carbocycles. The van der Waals surface area contributed by atoms with Crippen LogP contribution in [0.3, 0.4) is 0 Å². The normalized spacial score (nSPS) is 15.3. The molecule has 1 aromatic carbocycles. The Kier molecular flexibility index (Phi) is 5.45. The summed E-state index contributed by atoms with van der Waals surface area (Å²) in [5.74, 6) is 0.119. The molecule has 1 aliphatic rings. The van der Waals surface area contributed by atoms with Crippen LogP contribution in [0.2, 0.25) is 0 Å². The first-order valence-electron chi connectivity index (χ1n) is 8.13. The molecule has 128 valence electrons. The second-order valence-electron chi connectivity index (χ2n) is 5.69. The molecule has 1 amide bonds. The van der Waals surface area contributed by atoms with Crippen molar-refractivity contribution in [3.05, 3.63) is 36.2 Å². The average molecular weight is 330 g/mol. The lowest BCUT2D eigenvalue weighted by Gasteiger charge is -2.26. The maximum absolute atomic E-state index is 12.1. The van der Waals surface area contributed by atoms with Gasteiger partial charge in [-0.2, -0.15) is 0 Å². The van der Waals surface area contributed by atoms with E-state index in [1.54, 1.807) is 6.07 Å². The van der Waals surface area contributed by atoms with Gasteiger partial charge in [0.25, 0.3) is 5.91 Å². The van der Waals surface area contributed by atoms with Crippen molar-refractivity contribution in [3.8, 4) is 11.5 Å².